The summed E-state index contributed by atoms with van der Waals surface area (Å²) >= 11 is 0. The predicted octanol–water partition coefficient (Wildman–Crippen LogP) is 14.2. The fourth-order valence-corrected chi connectivity index (χ4v) is 7.60. The van der Waals surface area contributed by atoms with E-state index in [9.17, 15) is 19.8 Å². The number of rotatable bonds is 44. The number of hydrogen-bond donors (Lipinski definition) is 3. The molecule has 0 aromatic carbocycles. The molecule has 6 heteroatoms. The van der Waals surface area contributed by atoms with Crippen molar-refractivity contribution < 1.29 is 24.5 Å². The summed E-state index contributed by atoms with van der Waals surface area (Å²) in [5, 5.41) is 23.6. The summed E-state index contributed by atoms with van der Waals surface area (Å²) in [5.74, 6) is -0.476. The van der Waals surface area contributed by atoms with E-state index in [2.05, 4.69) is 38.2 Å². The molecule has 0 bridgehead atoms. The van der Waals surface area contributed by atoms with Crippen molar-refractivity contribution in [1.82, 2.24) is 5.32 Å². The van der Waals surface area contributed by atoms with Crippen molar-refractivity contribution in [3.63, 3.8) is 0 Å². The minimum atomic E-state index is -0.780. The first-order valence-electron chi connectivity index (χ1n) is 24.4. The molecule has 0 aliphatic rings. The van der Waals surface area contributed by atoms with Crippen LogP contribution < -0.4 is 5.32 Å². The SMILES string of the molecule is CCCCCCCCCCC/C=C/CCCCCCCC(=O)OC(CCCCCCCCC)CC(=O)NC(CO)C(O)CCCCCCCCCCCCC. The first-order valence-corrected chi connectivity index (χ1v) is 24.4. The lowest BCUT2D eigenvalue weighted by atomic mass is 10.0. The number of aliphatic hydroxyl groups excluding tert-OH is 2. The lowest BCUT2D eigenvalue weighted by Crippen LogP contribution is -2.46. The van der Waals surface area contributed by atoms with Crippen LogP contribution in [0.25, 0.3) is 0 Å². The van der Waals surface area contributed by atoms with Crippen LogP contribution in [-0.4, -0.2) is 46.9 Å². The first-order chi connectivity index (χ1) is 27.0. The number of hydrogen-bond acceptors (Lipinski definition) is 5. The van der Waals surface area contributed by atoms with Crippen molar-refractivity contribution in [2.75, 3.05) is 6.61 Å². The molecule has 0 aliphatic carbocycles. The molecule has 0 fully saturated rings. The molecule has 0 aliphatic heterocycles. The van der Waals surface area contributed by atoms with Crippen molar-refractivity contribution in [3.05, 3.63) is 12.2 Å². The largest absolute Gasteiger partial charge is 0.462 e. The van der Waals surface area contributed by atoms with E-state index in [1.54, 1.807) is 0 Å². The Morgan fingerprint density at radius 1 is 0.509 bits per heavy atom. The standard InChI is InChI=1S/C49H95NO5/c1-4-7-10-13-16-18-20-21-22-23-24-25-26-28-30-33-36-39-42-49(54)55-45(40-37-34-31-15-12-9-6-3)43-48(53)50-46(44-51)47(52)41-38-35-32-29-27-19-17-14-11-8-5-2/h24-25,45-47,51-52H,4-23,26-44H2,1-3H3,(H,50,53)/b25-24+. The molecule has 0 rings (SSSR count). The summed E-state index contributed by atoms with van der Waals surface area (Å²) in [7, 11) is 0. The molecule has 0 radical (unpaired) electrons. The second-order valence-electron chi connectivity index (χ2n) is 16.9. The summed E-state index contributed by atoms with van der Waals surface area (Å²) in [5.41, 5.74) is 0. The molecule has 6 nitrogen and oxygen atoms in total. The zero-order chi connectivity index (χ0) is 40.3. The smallest absolute Gasteiger partial charge is 0.306 e. The molecular formula is C49H95NO5. The highest BCUT2D eigenvalue weighted by molar-refractivity contribution is 5.77. The number of carbonyl (C=O) groups is 2. The fraction of sp³-hybridized carbons (Fsp3) is 0.918. The van der Waals surface area contributed by atoms with Gasteiger partial charge in [-0.05, 0) is 51.4 Å². The maximum absolute atomic E-state index is 13.1. The highest BCUT2D eigenvalue weighted by Crippen LogP contribution is 2.18. The van der Waals surface area contributed by atoms with Crippen LogP contribution in [0, 0.1) is 0 Å². The van der Waals surface area contributed by atoms with Crippen LogP contribution in [0.1, 0.15) is 265 Å². The molecule has 3 atom stereocenters. The summed E-state index contributed by atoms with van der Waals surface area (Å²) < 4.78 is 5.89. The summed E-state index contributed by atoms with van der Waals surface area (Å²) in [6, 6.07) is -0.694. The van der Waals surface area contributed by atoms with Gasteiger partial charge >= 0.3 is 5.97 Å². The monoisotopic (exact) mass is 778 g/mol. The molecule has 0 aromatic rings. The number of nitrogens with one attached hydrogen (secondary N) is 1. The number of carbonyl (C=O) groups excluding carboxylic acids is 2. The van der Waals surface area contributed by atoms with Crippen LogP contribution in [-0.2, 0) is 14.3 Å². The molecule has 3 N–H and O–H groups in total. The van der Waals surface area contributed by atoms with Crippen LogP contribution in [0.4, 0.5) is 0 Å². The number of allylic oxidation sites excluding steroid dienone is 2. The van der Waals surface area contributed by atoms with E-state index >= 15 is 0 Å². The minimum Gasteiger partial charge on any atom is -0.462 e. The Morgan fingerprint density at radius 3 is 1.29 bits per heavy atom. The van der Waals surface area contributed by atoms with Crippen molar-refractivity contribution >= 4 is 11.9 Å². The van der Waals surface area contributed by atoms with Gasteiger partial charge in [0.05, 0.1) is 25.2 Å². The molecule has 1 amide bonds. The quantitative estimate of drug-likeness (QED) is 0.0325. The van der Waals surface area contributed by atoms with Gasteiger partial charge in [0, 0.05) is 6.42 Å². The Bertz CT molecular complexity index is 832. The Morgan fingerprint density at radius 2 is 0.873 bits per heavy atom. The van der Waals surface area contributed by atoms with Crippen molar-refractivity contribution in [3.8, 4) is 0 Å². The molecule has 55 heavy (non-hydrogen) atoms. The number of unbranched alkanes of at least 4 members (excludes halogenated alkanes) is 30. The zero-order valence-electron chi connectivity index (χ0n) is 37.1. The fourth-order valence-electron chi connectivity index (χ4n) is 7.60. The topological polar surface area (TPSA) is 95.9 Å². The molecule has 3 unspecified atom stereocenters. The highest BCUT2D eigenvalue weighted by Gasteiger charge is 2.24. The molecule has 0 heterocycles. The van der Waals surface area contributed by atoms with Gasteiger partial charge in [0.2, 0.25) is 5.91 Å². The Hall–Kier alpha value is -1.40. The predicted molar refractivity (Wildman–Crippen MR) is 237 cm³/mol. The summed E-state index contributed by atoms with van der Waals surface area (Å²) in [4.78, 5) is 25.9. The highest BCUT2D eigenvalue weighted by atomic mass is 16.5. The third-order valence-electron chi connectivity index (χ3n) is 11.3. The molecule has 0 saturated heterocycles. The molecule has 0 spiro atoms. The van der Waals surface area contributed by atoms with Gasteiger partial charge in [-0.2, -0.15) is 0 Å². The van der Waals surface area contributed by atoms with Gasteiger partial charge in [0.1, 0.15) is 6.10 Å². The molecule has 0 saturated carbocycles. The molecular weight excluding hydrogens is 683 g/mol. The van der Waals surface area contributed by atoms with Crippen molar-refractivity contribution in [2.24, 2.45) is 0 Å². The number of ether oxygens (including phenoxy) is 1. The van der Waals surface area contributed by atoms with Crippen LogP contribution in [0.5, 0.6) is 0 Å². The van der Waals surface area contributed by atoms with Gasteiger partial charge in [0.25, 0.3) is 0 Å². The molecule has 326 valence electrons. The third kappa shape index (κ3) is 39.2. The second-order valence-corrected chi connectivity index (χ2v) is 16.9. The lowest BCUT2D eigenvalue weighted by molar-refractivity contribution is -0.151. The Labute approximate surface area is 342 Å². The lowest BCUT2D eigenvalue weighted by Gasteiger charge is -2.24. The van der Waals surface area contributed by atoms with Gasteiger partial charge < -0.3 is 20.3 Å². The third-order valence-corrected chi connectivity index (χ3v) is 11.3. The van der Waals surface area contributed by atoms with E-state index in [1.165, 1.54) is 167 Å². The van der Waals surface area contributed by atoms with Crippen LogP contribution >= 0.6 is 0 Å². The van der Waals surface area contributed by atoms with Gasteiger partial charge in [-0.15, -0.1) is 0 Å². The van der Waals surface area contributed by atoms with Gasteiger partial charge in [-0.25, -0.2) is 0 Å². The van der Waals surface area contributed by atoms with Crippen molar-refractivity contribution in [1.29, 1.82) is 0 Å². The van der Waals surface area contributed by atoms with Crippen molar-refractivity contribution in [2.45, 2.75) is 283 Å². The van der Waals surface area contributed by atoms with Crippen LogP contribution in [0.15, 0.2) is 12.2 Å². The van der Waals surface area contributed by atoms with Crippen LogP contribution in [0.3, 0.4) is 0 Å². The number of amides is 1. The van der Waals surface area contributed by atoms with Gasteiger partial charge in [0.15, 0.2) is 0 Å². The van der Waals surface area contributed by atoms with E-state index in [1.807, 2.05) is 0 Å². The minimum absolute atomic E-state index is 0.0792. The second kappa shape index (κ2) is 43.7. The van der Waals surface area contributed by atoms with E-state index in [-0.39, 0.29) is 24.9 Å². The first kappa shape index (κ1) is 53.6. The average Bonchev–Trinajstić information content (AvgIpc) is 3.18. The van der Waals surface area contributed by atoms with Gasteiger partial charge in [-0.1, -0.05) is 213 Å². The van der Waals surface area contributed by atoms with E-state index in [4.69, 9.17) is 4.74 Å². The Balaban J connectivity index is 4.35. The maximum atomic E-state index is 13.1. The van der Waals surface area contributed by atoms with E-state index in [0.717, 1.165) is 51.4 Å². The zero-order valence-corrected chi connectivity index (χ0v) is 37.1. The molecule has 0 aromatic heterocycles. The maximum Gasteiger partial charge on any atom is 0.306 e. The van der Waals surface area contributed by atoms with E-state index in [0.29, 0.717) is 19.3 Å². The number of aliphatic hydroxyl groups is 2. The number of esters is 1. The normalized spacial score (nSPS) is 13.3. The Kier molecular flexibility index (Phi) is 42.6. The average molecular weight is 778 g/mol. The van der Waals surface area contributed by atoms with E-state index < -0.39 is 18.2 Å². The van der Waals surface area contributed by atoms with Gasteiger partial charge in [-0.3, -0.25) is 9.59 Å². The summed E-state index contributed by atoms with van der Waals surface area (Å²) in [6.07, 6.45) is 47.2. The summed E-state index contributed by atoms with van der Waals surface area (Å²) in [6.45, 7) is 6.45. The van der Waals surface area contributed by atoms with Crippen LogP contribution in [0.2, 0.25) is 0 Å².